The van der Waals surface area contributed by atoms with Crippen LogP contribution in [-0.2, 0) is 4.74 Å². The van der Waals surface area contributed by atoms with Crippen LogP contribution in [0.15, 0.2) is 0 Å². The highest BCUT2D eigenvalue weighted by Gasteiger charge is 2.61. The number of aliphatic hydroxyl groups is 1. The van der Waals surface area contributed by atoms with E-state index in [-0.39, 0.29) is 0 Å². The van der Waals surface area contributed by atoms with Crippen LogP contribution in [0.3, 0.4) is 0 Å². The number of unbranched alkanes of at least 4 members (excludes halogenated alkanes) is 1. The second kappa shape index (κ2) is 7.04. The van der Waals surface area contributed by atoms with Crippen molar-refractivity contribution in [2.75, 3.05) is 13.7 Å². The maximum absolute atomic E-state index is 11.2. The summed E-state index contributed by atoms with van der Waals surface area (Å²) in [5, 5.41) is 11.2. The average molecular weight is 323 g/mol. The van der Waals surface area contributed by atoms with E-state index in [2.05, 4.69) is 20.8 Å². The van der Waals surface area contributed by atoms with Crippen LogP contribution in [0, 0.1) is 41.4 Å². The Balaban J connectivity index is 1.66. The molecule has 8 atom stereocenters. The number of ether oxygens (including phenoxy) is 1. The van der Waals surface area contributed by atoms with E-state index in [1.54, 1.807) is 7.11 Å². The predicted molar refractivity (Wildman–Crippen MR) is 95.2 cm³/mol. The number of hydrogen-bond donors (Lipinski definition) is 1. The normalized spacial score (nSPS) is 44.5. The third-order valence-corrected chi connectivity index (χ3v) is 7.95. The van der Waals surface area contributed by atoms with Crippen molar-refractivity contribution in [3.63, 3.8) is 0 Å². The molecule has 134 valence electrons. The van der Waals surface area contributed by atoms with Gasteiger partial charge in [0.25, 0.3) is 0 Å². The average Bonchev–Trinajstić information content (AvgIpc) is 3.21. The smallest absolute Gasteiger partial charge is 0.0650 e. The molecule has 8 unspecified atom stereocenters. The van der Waals surface area contributed by atoms with Gasteiger partial charge >= 0.3 is 0 Å². The van der Waals surface area contributed by atoms with E-state index in [1.165, 1.54) is 32.1 Å². The molecule has 2 bridgehead atoms. The molecule has 3 rings (SSSR count). The van der Waals surface area contributed by atoms with Crippen molar-refractivity contribution >= 4 is 0 Å². The SMILES string of the molecule is CCC1CC(CC)C2C3CC(CC3C(C)(O)CCCCOC)C12. The lowest BCUT2D eigenvalue weighted by molar-refractivity contribution is -0.0563. The lowest BCUT2D eigenvalue weighted by atomic mass is 9.65. The van der Waals surface area contributed by atoms with Crippen molar-refractivity contribution in [3.8, 4) is 0 Å². The number of methoxy groups -OCH3 is 1. The number of rotatable bonds is 8. The van der Waals surface area contributed by atoms with Crippen LogP contribution in [0.25, 0.3) is 0 Å². The van der Waals surface area contributed by atoms with Gasteiger partial charge in [0.15, 0.2) is 0 Å². The Morgan fingerprint density at radius 2 is 1.70 bits per heavy atom. The van der Waals surface area contributed by atoms with Gasteiger partial charge in [-0.1, -0.05) is 26.7 Å². The van der Waals surface area contributed by atoms with Crippen molar-refractivity contribution in [2.45, 2.75) is 77.7 Å². The maximum atomic E-state index is 11.2. The zero-order valence-corrected chi connectivity index (χ0v) is 15.8. The molecule has 3 saturated carbocycles. The fraction of sp³-hybridized carbons (Fsp3) is 1.00. The van der Waals surface area contributed by atoms with Gasteiger partial charge < -0.3 is 9.84 Å². The Bertz CT molecular complexity index is 391. The summed E-state index contributed by atoms with van der Waals surface area (Å²) in [5.74, 6) is 6.13. The lowest BCUT2D eigenvalue weighted by Gasteiger charge is -2.42. The van der Waals surface area contributed by atoms with Crippen molar-refractivity contribution in [1.29, 1.82) is 0 Å². The molecule has 3 fully saturated rings. The van der Waals surface area contributed by atoms with Gasteiger partial charge in [0, 0.05) is 13.7 Å². The molecule has 1 N–H and O–H groups in total. The van der Waals surface area contributed by atoms with Crippen LogP contribution < -0.4 is 0 Å². The maximum Gasteiger partial charge on any atom is 0.0650 e. The van der Waals surface area contributed by atoms with Crippen molar-refractivity contribution in [2.24, 2.45) is 41.4 Å². The topological polar surface area (TPSA) is 29.5 Å². The minimum atomic E-state index is -0.458. The molecule has 2 heteroatoms. The van der Waals surface area contributed by atoms with Crippen molar-refractivity contribution in [1.82, 2.24) is 0 Å². The summed E-state index contributed by atoms with van der Waals surface area (Å²) in [6.07, 6.45) is 10.0. The zero-order valence-electron chi connectivity index (χ0n) is 15.8. The van der Waals surface area contributed by atoms with Gasteiger partial charge in [-0.2, -0.15) is 0 Å². The second-order valence-corrected chi connectivity index (χ2v) is 9.04. The Morgan fingerprint density at radius 3 is 2.35 bits per heavy atom. The molecule has 0 aromatic rings. The fourth-order valence-electron chi connectivity index (χ4n) is 7.02. The second-order valence-electron chi connectivity index (χ2n) is 9.04. The molecular formula is C21H38O2. The van der Waals surface area contributed by atoms with E-state index in [0.717, 1.165) is 61.4 Å². The van der Waals surface area contributed by atoms with Gasteiger partial charge in [0.1, 0.15) is 0 Å². The Morgan fingerprint density at radius 1 is 1.00 bits per heavy atom. The quantitative estimate of drug-likeness (QED) is 0.644. The highest BCUT2D eigenvalue weighted by atomic mass is 16.5. The largest absolute Gasteiger partial charge is 0.390 e. The first-order valence-corrected chi connectivity index (χ1v) is 10.2. The molecule has 0 aromatic heterocycles. The Kier molecular flexibility index (Phi) is 5.43. The van der Waals surface area contributed by atoms with Gasteiger partial charge in [0.05, 0.1) is 5.60 Å². The Labute approximate surface area is 143 Å². The summed E-state index contributed by atoms with van der Waals surface area (Å²) < 4.78 is 5.16. The third kappa shape index (κ3) is 3.11. The van der Waals surface area contributed by atoms with Gasteiger partial charge in [-0.05, 0) is 86.9 Å². The van der Waals surface area contributed by atoms with Crippen LogP contribution >= 0.6 is 0 Å². The van der Waals surface area contributed by atoms with Crippen LogP contribution in [0.4, 0.5) is 0 Å². The lowest BCUT2D eigenvalue weighted by Crippen LogP contribution is -2.43. The Hall–Kier alpha value is -0.0800. The monoisotopic (exact) mass is 322 g/mol. The van der Waals surface area contributed by atoms with Crippen LogP contribution in [0.2, 0.25) is 0 Å². The van der Waals surface area contributed by atoms with E-state index in [4.69, 9.17) is 4.74 Å². The van der Waals surface area contributed by atoms with E-state index in [0.29, 0.717) is 5.92 Å². The minimum Gasteiger partial charge on any atom is -0.390 e. The molecule has 0 radical (unpaired) electrons. The first-order valence-electron chi connectivity index (χ1n) is 10.2. The molecule has 23 heavy (non-hydrogen) atoms. The molecule has 0 aromatic carbocycles. The van der Waals surface area contributed by atoms with E-state index in [1.807, 2.05) is 0 Å². The molecule has 0 amide bonds. The van der Waals surface area contributed by atoms with E-state index >= 15 is 0 Å². The summed E-state index contributed by atoms with van der Waals surface area (Å²) in [5.41, 5.74) is -0.458. The molecule has 0 heterocycles. The summed E-state index contributed by atoms with van der Waals surface area (Å²) in [6.45, 7) is 7.75. The number of hydrogen-bond acceptors (Lipinski definition) is 2. The van der Waals surface area contributed by atoms with Crippen molar-refractivity contribution < 1.29 is 9.84 Å². The molecule has 3 aliphatic rings. The molecule has 0 saturated heterocycles. The van der Waals surface area contributed by atoms with E-state index < -0.39 is 5.60 Å². The van der Waals surface area contributed by atoms with Crippen molar-refractivity contribution in [3.05, 3.63) is 0 Å². The first-order chi connectivity index (χ1) is 11.0. The van der Waals surface area contributed by atoms with E-state index in [9.17, 15) is 5.11 Å². The summed E-state index contributed by atoms with van der Waals surface area (Å²) in [4.78, 5) is 0. The van der Waals surface area contributed by atoms with Gasteiger partial charge in [0.2, 0.25) is 0 Å². The van der Waals surface area contributed by atoms with Gasteiger partial charge in [-0.15, -0.1) is 0 Å². The summed E-state index contributed by atoms with van der Waals surface area (Å²) in [7, 11) is 1.77. The highest BCUT2D eigenvalue weighted by Crippen LogP contribution is 2.67. The number of fused-ring (bicyclic) bond motifs is 5. The van der Waals surface area contributed by atoms with Crippen LogP contribution in [0.1, 0.15) is 72.1 Å². The molecular weight excluding hydrogens is 284 g/mol. The molecule has 0 aliphatic heterocycles. The standard InChI is InChI=1S/C21H38O2/c1-5-14-11-15(6-2)20-17-12-16(19(14)20)13-18(17)21(3,22)9-7-8-10-23-4/h14-20,22H,5-13H2,1-4H3. The first kappa shape index (κ1) is 17.7. The molecule has 2 nitrogen and oxygen atoms in total. The van der Waals surface area contributed by atoms with Gasteiger partial charge in [-0.25, -0.2) is 0 Å². The zero-order chi connectivity index (χ0) is 16.6. The highest BCUT2D eigenvalue weighted by molar-refractivity contribution is 5.10. The molecule has 3 aliphatic carbocycles. The molecule has 0 spiro atoms. The predicted octanol–water partition coefficient (Wildman–Crippen LogP) is 4.90. The minimum absolute atomic E-state index is 0.458. The summed E-state index contributed by atoms with van der Waals surface area (Å²) in [6, 6.07) is 0. The fourth-order valence-corrected chi connectivity index (χ4v) is 7.02. The van der Waals surface area contributed by atoms with Crippen LogP contribution in [0.5, 0.6) is 0 Å². The van der Waals surface area contributed by atoms with Crippen LogP contribution in [-0.4, -0.2) is 24.4 Å². The summed E-state index contributed by atoms with van der Waals surface area (Å²) >= 11 is 0. The van der Waals surface area contributed by atoms with Gasteiger partial charge in [-0.3, -0.25) is 0 Å². The third-order valence-electron chi connectivity index (χ3n) is 7.95.